The van der Waals surface area contributed by atoms with Gasteiger partial charge in [0.2, 0.25) is 5.91 Å². The number of amides is 1. The van der Waals surface area contributed by atoms with Gasteiger partial charge >= 0.3 is 0 Å². The van der Waals surface area contributed by atoms with E-state index in [0.717, 1.165) is 33.6 Å². The first kappa shape index (κ1) is 20.0. The van der Waals surface area contributed by atoms with Gasteiger partial charge in [-0.3, -0.25) is 4.79 Å². The summed E-state index contributed by atoms with van der Waals surface area (Å²) in [5.74, 6) is -0.0918. The van der Waals surface area contributed by atoms with Crippen molar-refractivity contribution in [2.24, 2.45) is 0 Å². The number of anilines is 2. The molecule has 158 valence electrons. The van der Waals surface area contributed by atoms with Gasteiger partial charge in [-0.1, -0.05) is 91.0 Å². The third-order valence-electron chi connectivity index (χ3n) is 5.78. The fraction of sp³-hybridized carbons (Fsp3) is 0.107. The van der Waals surface area contributed by atoms with Crippen molar-refractivity contribution in [3.63, 3.8) is 0 Å². The van der Waals surface area contributed by atoms with Crippen LogP contribution in [0.2, 0.25) is 0 Å². The second-order valence-corrected chi connectivity index (χ2v) is 7.90. The number of carbonyl (C=O) groups is 1. The lowest BCUT2D eigenvalue weighted by Gasteiger charge is -2.44. The summed E-state index contributed by atoms with van der Waals surface area (Å²) in [7, 11) is 0. The van der Waals surface area contributed by atoms with Crippen molar-refractivity contribution in [1.29, 1.82) is 0 Å². The first-order chi connectivity index (χ1) is 15.7. The molecule has 0 aromatic heterocycles. The molecule has 0 radical (unpaired) electrons. The largest absolute Gasteiger partial charge is 0.356 e. The Balaban J connectivity index is 1.67. The van der Waals surface area contributed by atoms with Crippen molar-refractivity contribution in [2.45, 2.75) is 18.8 Å². The van der Waals surface area contributed by atoms with Crippen molar-refractivity contribution < 1.29 is 9.53 Å². The zero-order chi connectivity index (χ0) is 22.0. The number of carbonyl (C=O) groups excluding carboxylic acids is 1. The molecule has 0 saturated carbocycles. The molecule has 0 fully saturated rings. The molecule has 4 aromatic carbocycles. The topological polar surface area (TPSA) is 50.4 Å². The number of benzene rings is 4. The van der Waals surface area contributed by atoms with Crippen LogP contribution >= 0.6 is 0 Å². The Hall–Kier alpha value is -3.89. The number of para-hydroxylation sites is 1. The minimum absolute atomic E-state index is 0.0918. The molecule has 0 saturated heterocycles. The number of fused-ring (bicyclic) bond motifs is 1. The van der Waals surface area contributed by atoms with Gasteiger partial charge in [-0.2, -0.15) is 0 Å². The molecule has 32 heavy (non-hydrogen) atoms. The minimum atomic E-state index is -0.772. The summed E-state index contributed by atoms with van der Waals surface area (Å²) >= 11 is 0. The van der Waals surface area contributed by atoms with E-state index in [1.54, 1.807) is 0 Å². The zero-order valence-corrected chi connectivity index (χ0v) is 17.8. The van der Waals surface area contributed by atoms with Crippen molar-refractivity contribution >= 4 is 17.3 Å². The van der Waals surface area contributed by atoms with Crippen molar-refractivity contribution in [2.75, 3.05) is 10.6 Å². The second kappa shape index (κ2) is 8.33. The summed E-state index contributed by atoms with van der Waals surface area (Å²) in [6.45, 7) is 1.50. The van der Waals surface area contributed by atoms with Gasteiger partial charge in [0, 0.05) is 29.4 Å². The average molecular weight is 421 g/mol. The predicted octanol–water partition coefficient (Wildman–Crippen LogP) is 6.08. The van der Waals surface area contributed by atoms with Gasteiger partial charge in [-0.15, -0.1) is 0 Å². The average Bonchev–Trinajstić information content (AvgIpc) is 2.84. The highest BCUT2D eigenvalue weighted by atomic mass is 16.5. The van der Waals surface area contributed by atoms with Crippen molar-refractivity contribution in [1.82, 2.24) is 0 Å². The number of rotatable bonds is 4. The summed E-state index contributed by atoms with van der Waals surface area (Å²) in [6.07, 6.45) is -0.378. The van der Waals surface area contributed by atoms with Crippen LogP contribution in [0.5, 0.6) is 0 Å². The van der Waals surface area contributed by atoms with E-state index in [4.69, 9.17) is 4.74 Å². The Labute approximate surface area is 187 Å². The fourth-order valence-corrected chi connectivity index (χ4v) is 4.38. The van der Waals surface area contributed by atoms with Crippen LogP contribution in [0.1, 0.15) is 35.4 Å². The molecule has 1 aliphatic heterocycles. The first-order valence-electron chi connectivity index (χ1n) is 10.7. The van der Waals surface area contributed by atoms with Gasteiger partial charge in [0.1, 0.15) is 5.60 Å². The van der Waals surface area contributed by atoms with Crippen LogP contribution in [0.15, 0.2) is 109 Å². The van der Waals surface area contributed by atoms with Crippen LogP contribution in [0, 0.1) is 0 Å². The lowest BCUT2D eigenvalue weighted by Crippen LogP contribution is -2.40. The molecule has 1 amide bonds. The Morgan fingerprint density at radius 1 is 0.781 bits per heavy atom. The maximum absolute atomic E-state index is 11.4. The van der Waals surface area contributed by atoms with Crippen LogP contribution in [0.25, 0.3) is 0 Å². The van der Waals surface area contributed by atoms with Gasteiger partial charge in [-0.25, -0.2) is 0 Å². The Morgan fingerprint density at radius 2 is 1.34 bits per heavy atom. The molecule has 1 atom stereocenters. The molecular formula is C28H24N2O2. The maximum Gasteiger partial charge on any atom is 0.221 e. The fourth-order valence-electron chi connectivity index (χ4n) is 4.38. The third-order valence-corrected chi connectivity index (χ3v) is 5.78. The van der Waals surface area contributed by atoms with Crippen molar-refractivity contribution in [3.8, 4) is 0 Å². The zero-order valence-electron chi connectivity index (χ0n) is 17.8. The van der Waals surface area contributed by atoms with E-state index in [0.29, 0.717) is 0 Å². The molecule has 1 heterocycles. The second-order valence-electron chi connectivity index (χ2n) is 7.90. The first-order valence-corrected chi connectivity index (χ1v) is 10.7. The van der Waals surface area contributed by atoms with Gasteiger partial charge in [0.25, 0.3) is 0 Å². The van der Waals surface area contributed by atoms with E-state index in [1.165, 1.54) is 6.92 Å². The van der Waals surface area contributed by atoms with Gasteiger partial charge < -0.3 is 15.4 Å². The summed E-state index contributed by atoms with van der Waals surface area (Å²) in [5, 5.41) is 6.38. The normalized spacial score (nSPS) is 16.5. The van der Waals surface area contributed by atoms with Crippen LogP contribution < -0.4 is 10.6 Å². The maximum atomic E-state index is 11.4. The van der Waals surface area contributed by atoms with Crippen LogP contribution in [-0.2, 0) is 15.1 Å². The molecule has 5 rings (SSSR count). The Bertz CT molecular complexity index is 1180. The summed E-state index contributed by atoms with van der Waals surface area (Å²) in [5.41, 5.74) is 5.20. The molecule has 4 nitrogen and oxygen atoms in total. The lowest BCUT2D eigenvalue weighted by atomic mass is 9.78. The van der Waals surface area contributed by atoms with E-state index >= 15 is 0 Å². The molecular weight excluding hydrogens is 396 g/mol. The summed E-state index contributed by atoms with van der Waals surface area (Å²) in [4.78, 5) is 11.4. The smallest absolute Gasteiger partial charge is 0.221 e. The summed E-state index contributed by atoms with van der Waals surface area (Å²) in [6, 6.07) is 36.8. The van der Waals surface area contributed by atoms with Crippen LogP contribution in [-0.4, -0.2) is 5.91 Å². The number of ether oxygens (including phenoxy) is 1. The number of hydrogen-bond acceptors (Lipinski definition) is 3. The Kier molecular flexibility index (Phi) is 5.21. The number of nitrogens with one attached hydrogen (secondary N) is 2. The SMILES string of the molecule is CC(=O)Nc1ccc([C@H]2Nc3ccccc3C(c3ccccc3)(c3ccccc3)O2)cc1. The number of hydrogen-bond donors (Lipinski definition) is 2. The molecule has 0 bridgehead atoms. The van der Waals surface area contributed by atoms with E-state index in [-0.39, 0.29) is 12.1 Å². The van der Waals surface area contributed by atoms with E-state index in [2.05, 4.69) is 47.0 Å². The minimum Gasteiger partial charge on any atom is -0.356 e. The van der Waals surface area contributed by atoms with Gasteiger partial charge in [0.05, 0.1) is 0 Å². The molecule has 4 heteroatoms. The highest BCUT2D eigenvalue weighted by Crippen LogP contribution is 2.50. The van der Waals surface area contributed by atoms with E-state index in [9.17, 15) is 4.79 Å². The lowest BCUT2D eigenvalue weighted by molar-refractivity contribution is -0.114. The van der Waals surface area contributed by atoms with E-state index in [1.807, 2.05) is 72.8 Å². The molecule has 0 unspecified atom stereocenters. The molecule has 2 N–H and O–H groups in total. The van der Waals surface area contributed by atoms with Gasteiger partial charge in [-0.05, 0) is 29.3 Å². The van der Waals surface area contributed by atoms with Crippen molar-refractivity contribution in [3.05, 3.63) is 131 Å². The quantitative estimate of drug-likeness (QED) is 0.421. The van der Waals surface area contributed by atoms with Crippen LogP contribution in [0.3, 0.4) is 0 Å². The van der Waals surface area contributed by atoms with Crippen LogP contribution in [0.4, 0.5) is 11.4 Å². The third kappa shape index (κ3) is 3.55. The Morgan fingerprint density at radius 3 is 1.94 bits per heavy atom. The molecule has 1 aliphatic rings. The predicted molar refractivity (Wildman–Crippen MR) is 127 cm³/mol. The monoisotopic (exact) mass is 420 g/mol. The highest BCUT2D eigenvalue weighted by Gasteiger charge is 2.44. The van der Waals surface area contributed by atoms with E-state index < -0.39 is 5.60 Å². The summed E-state index contributed by atoms with van der Waals surface area (Å²) < 4.78 is 6.98. The molecule has 0 aliphatic carbocycles. The molecule has 0 spiro atoms. The van der Waals surface area contributed by atoms with Gasteiger partial charge in [0.15, 0.2) is 6.23 Å². The highest BCUT2D eigenvalue weighted by molar-refractivity contribution is 5.88. The standard InChI is InChI=1S/C28H24N2O2/c1-20(31)29-24-18-16-21(17-19-24)27-30-26-15-9-8-14-25(26)28(32-27,22-10-4-2-5-11-22)23-12-6-3-7-13-23/h2-19,27,30H,1H3,(H,29,31)/t27-/m0/s1. The molecule has 4 aromatic rings.